The second kappa shape index (κ2) is 6.86. The highest BCUT2D eigenvalue weighted by atomic mass is 79.9. The minimum absolute atomic E-state index is 0.356. The average molecular weight is 335 g/mol. The number of aromatic nitrogens is 1. The Morgan fingerprint density at radius 1 is 1.20 bits per heavy atom. The second-order valence-electron chi connectivity index (χ2n) is 5.02. The molecule has 1 aromatic heterocycles. The van der Waals surface area contributed by atoms with Crippen LogP contribution in [0.15, 0.2) is 40.9 Å². The van der Waals surface area contributed by atoms with Crippen molar-refractivity contribution in [3.05, 3.63) is 57.7 Å². The van der Waals surface area contributed by atoms with Crippen molar-refractivity contribution in [1.82, 2.24) is 4.98 Å². The number of nitrogens with zero attached hydrogens (tertiary/aromatic N) is 1. The van der Waals surface area contributed by atoms with Gasteiger partial charge in [0, 0.05) is 22.8 Å². The van der Waals surface area contributed by atoms with Crippen LogP contribution < -0.4 is 10.5 Å². The Labute approximate surface area is 128 Å². The summed E-state index contributed by atoms with van der Waals surface area (Å²) in [5, 5.41) is 0. The van der Waals surface area contributed by atoms with E-state index in [1.54, 1.807) is 0 Å². The SMILES string of the molecule is CC(C)c1cc(CN)cc(OCc2cccc(Br)c2)n1. The van der Waals surface area contributed by atoms with Crippen LogP contribution in [-0.4, -0.2) is 4.98 Å². The lowest BCUT2D eigenvalue weighted by Gasteiger charge is -2.11. The van der Waals surface area contributed by atoms with Crippen LogP contribution >= 0.6 is 15.9 Å². The first-order chi connectivity index (χ1) is 9.58. The van der Waals surface area contributed by atoms with Crippen LogP contribution in [-0.2, 0) is 13.2 Å². The zero-order chi connectivity index (χ0) is 14.5. The van der Waals surface area contributed by atoms with Crippen molar-refractivity contribution >= 4 is 15.9 Å². The zero-order valence-corrected chi connectivity index (χ0v) is 13.4. The van der Waals surface area contributed by atoms with Gasteiger partial charge in [-0.2, -0.15) is 0 Å². The molecule has 1 aromatic carbocycles. The third-order valence-corrected chi connectivity index (χ3v) is 3.48. The van der Waals surface area contributed by atoms with Gasteiger partial charge in [-0.05, 0) is 35.2 Å². The first kappa shape index (κ1) is 15.0. The van der Waals surface area contributed by atoms with Crippen molar-refractivity contribution in [3.63, 3.8) is 0 Å². The van der Waals surface area contributed by atoms with Gasteiger partial charge in [-0.1, -0.05) is 41.9 Å². The Balaban J connectivity index is 2.14. The van der Waals surface area contributed by atoms with E-state index >= 15 is 0 Å². The fourth-order valence-electron chi connectivity index (χ4n) is 1.85. The van der Waals surface area contributed by atoms with E-state index in [-0.39, 0.29) is 0 Å². The summed E-state index contributed by atoms with van der Waals surface area (Å²) in [5.74, 6) is 0.992. The first-order valence-corrected chi connectivity index (χ1v) is 7.46. The fraction of sp³-hybridized carbons (Fsp3) is 0.312. The van der Waals surface area contributed by atoms with Gasteiger partial charge in [0.25, 0.3) is 0 Å². The van der Waals surface area contributed by atoms with Crippen LogP contribution in [0.1, 0.15) is 36.6 Å². The van der Waals surface area contributed by atoms with Crippen LogP contribution in [0, 0.1) is 0 Å². The number of benzene rings is 1. The van der Waals surface area contributed by atoms with Gasteiger partial charge in [-0.15, -0.1) is 0 Å². The largest absolute Gasteiger partial charge is 0.473 e. The highest BCUT2D eigenvalue weighted by molar-refractivity contribution is 9.10. The van der Waals surface area contributed by atoms with Crippen LogP contribution in [0.4, 0.5) is 0 Å². The molecule has 106 valence electrons. The molecule has 0 aliphatic carbocycles. The molecule has 4 heteroatoms. The number of rotatable bonds is 5. The number of hydrogen-bond acceptors (Lipinski definition) is 3. The molecular formula is C16H19BrN2O. The van der Waals surface area contributed by atoms with E-state index in [2.05, 4.69) is 34.8 Å². The molecule has 0 saturated carbocycles. The standard InChI is InChI=1S/C16H19BrN2O/c1-11(2)15-7-13(9-18)8-16(19-15)20-10-12-4-3-5-14(17)6-12/h3-8,11H,9-10,18H2,1-2H3. The number of nitrogens with two attached hydrogens (primary N) is 1. The van der Waals surface area contributed by atoms with E-state index < -0.39 is 0 Å². The Kier molecular flexibility index (Phi) is 5.15. The summed E-state index contributed by atoms with van der Waals surface area (Å²) in [4.78, 5) is 4.53. The number of hydrogen-bond donors (Lipinski definition) is 1. The van der Waals surface area contributed by atoms with Gasteiger partial charge in [-0.25, -0.2) is 4.98 Å². The third kappa shape index (κ3) is 4.05. The van der Waals surface area contributed by atoms with E-state index in [1.165, 1.54) is 0 Å². The first-order valence-electron chi connectivity index (χ1n) is 6.66. The molecule has 0 aliphatic heterocycles. The van der Waals surface area contributed by atoms with Crippen molar-refractivity contribution in [2.45, 2.75) is 32.9 Å². The molecule has 0 saturated heterocycles. The van der Waals surface area contributed by atoms with Gasteiger partial charge in [0.05, 0.1) is 0 Å². The van der Waals surface area contributed by atoms with Gasteiger partial charge in [0.15, 0.2) is 0 Å². The van der Waals surface area contributed by atoms with Crippen molar-refractivity contribution in [2.24, 2.45) is 5.73 Å². The third-order valence-electron chi connectivity index (χ3n) is 2.98. The Bertz CT molecular complexity index is 584. The van der Waals surface area contributed by atoms with E-state index in [0.29, 0.717) is 24.9 Å². The lowest BCUT2D eigenvalue weighted by Crippen LogP contribution is -2.04. The molecule has 0 fully saturated rings. The molecule has 3 nitrogen and oxygen atoms in total. The van der Waals surface area contributed by atoms with Crippen molar-refractivity contribution in [3.8, 4) is 5.88 Å². The second-order valence-corrected chi connectivity index (χ2v) is 5.93. The normalized spacial score (nSPS) is 10.8. The predicted molar refractivity (Wildman–Crippen MR) is 84.7 cm³/mol. The maximum Gasteiger partial charge on any atom is 0.214 e. The summed E-state index contributed by atoms with van der Waals surface area (Å²) in [6.07, 6.45) is 0. The molecule has 0 spiro atoms. The van der Waals surface area contributed by atoms with Crippen molar-refractivity contribution < 1.29 is 4.74 Å². The Hall–Kier alpha value is -1.39. The molecule has 20 heavy (non-hydrogen) atoms. The zero-order valence-electron chi connectivity index (χ0n) is 11.8. The maximum atomic E-state index is 5.79. The molecule has 2 rings (SSSR count). The lowest BCUT2D eigenvalue weighted by atomic mass is 10.1. The molecule has 0 bridgehead atoms. The Morgan fingerprint density at radius 3 is 2.65 bits per heavy atom. The Morgan fingerprint density at radius 2 is 2.00 bits per heavy atom. The number of halogens is 1. The maximum absolute atomic E-state index is 5.79. The van der Waals surface area contributed by atoms with Gasteiger partial charge in [0.2, 0.25) is 5.88 Å². The summed E-state index contributed by atoms with van der Waals surface area (Å²) in [5.41, 5.74) is 8.89. The monoisotopic (exact) mass is 334 g/mol. The summed E-state index contributed by atoms with van der Waals surface area (Å²) >= 11 is 3.45. The summed E-state index contributed by atoms with van der Waals surface area (Å²) in [7, 11) is 0. The molecule has 0 unspecified atom stereocenters. The van der Waals surface area contributed by atoms with E-state index in [9.17, 15) is 0 Å². The van der Waals surface area contributed by atoms with Crippen LogP contribution in [0.5, 0.6) is 5.88 Å². The van der Waals surface area contributed by atoms with Crippen LogP contribution in [0.3, 0.4) is 0 Å². The van der Waals surface area contributed by atoms with Gasteiger partial charge < -0.3 is 10.5 Å². The molecule has 2 N–H and O–H groups in total. The van der Waals surface area contributed by atoms with E-state index in [0.717, 1.165) is 21.3 Å². The molecule has 2 aromatic rings. The van der Waals surface area contributed by atoms with Crippen LogP contribution in [0.25, 0.3) is 0 Å². The van der Waals surface area contributed by atoms with E-state index in [4.69, 9.17) is 10.5 Å². The predicted octanol–water partition coefficient (Wildman–Crippen LogP) is 4.01. The number of ether oxygens (including phenoxy) is 1. The molecule has 0 amide bonds. The van der Waals surface area contributed by atoms with Crippen LogP contribution in [0.2, 0.25) is 0 Å². The highest BCUT2D eigenvalue weighted by Crippen LogP contribution is 2.20. The molecule has 1 heterocycles. The molecule has 0 atom stereocenters. The highest BCUT2D eigenvalue weighted by Gasteiger charge is 2.07. The van der Waals surface area contributed by atoms with Crippen molar-refractivity contribution in [1.29, 1.82) is 0 Å². The van der Waals surface area contributed by atoms with Gasteiger partial charge >= 0.3 is 0 Å². The summed E-state index contributed by atoms with van der Waals surface area (Å²) in [6, 6.07) is 12.0. The lowest BCUT2D eigenvalue weighted by molar-refractivity contribution is 0.292. The van der Waals surface area contributed by atoms with E-state index in [1.807, 2.05) is 36.4 Å². The summed E-state index contributed by atoms with van der Waals surface area (Å²) in [6.45, 7) is 5.22. The molecule has 0 aliphatic rings. The van der Waals surface area contributed by atoms with Gasteiger partial charge in [-0.3, -0.25) is 0 Å². The molecular weight excluding hydrogens is 316 g/mol. The fourth-order valence-corrected chi connectivity index (χ4v) is 2.30. The number of pyridine rings is 1. The average Bonchev–Trinajstić information content (AvgIpc) is 2.45. The molecule has 0 radical (unpaired) electrons. The quantitative estimate of drug-likeness (QED) is 0.898. The summed E-state index contributed by atoms with van der Waals surface area (Å²) < 4.78 is 6.84. The minimum atomic E-state index is 0.356. The minimum Gasteiger partial charge on any atom is -0.473 e. The topological polar surface area (TPSA) is 48.1 Å². The van der Waals surface area contributed by atoms with Gasteiger partial charge in [0.1, 0.15) is 6.61 Å². The smallest absolute Gasteiger partial charge is 0.214 e. The van der Waals surface area contributed by atoms with Crippen molar-refractivity contribution in [2.75, 3.05) is 0 Å².